The maximum atomic E-state index is 6.21. The van der Waals surface area contributed by atoms with Gasteiger partial charge in [0.05, 0.1) is 11.8 Å². The van der Waals surface area contributed by atoms with Gasteiger partial charge in [-0.2, -0.15) is 0 Å². The topological polar surface area (TPSA) is 67.2 Å². The van der Waals surface area contributed by atoms with Crippen LogP contribution in [0.25, 0.3) is 0 Å². The molecule has 0 radical (unpaired) electrons. The van der Waals surface area contributed by atoms with Gasteiger partial charge < -0.3 is 20.2 Å². The third-order valence-electron chi connectivity index (χ3n) is 5.24. The molecule has 24 heavy (non-hydrogen) atoms. The molecule has 0 bridgehead atoms. The van der Waals surface area contributed by atoms with Gasteiger partial charge in [0.25, 0.3) is 0 Å². The van der Waals surface area contributed by atoms with Crippen LogP contribution < -0.4 is 10.6 Å². The Morgan fingerprint density at radius 2 is 2.38 bits per heavy atom. The fourth-order valence-electron chi connectivity index (χ4n) is 4.07. The number of allylic oxidation sites excluding steroid dienone is 1. The lowest BCUT2D eigenvalue weighted by atomic mass is 9.73. The van der Waals surface area contributed by atoms with Crippen LogP contribution in [0, 0.1) is 17.8 Å². The van der Waals surface area contributed by atoms with Crippen LogP contribution >= 0.6 is 11.6 Å². The molecule has 2 heterocycles. The van der Waals surface area contributed by atoms with Crippen LogP contribution in [0.4, 0.5) is 0 Å². The molecule has 132 valence electrons. The fourth-order valence-corrected chi connectivity index (χ4v) is 4.39. The van der Waals surface area contributed by atoms with Crippen LogP contribution in [0.3, 0.4) is 0 Å². The smallest absolute Gasteiger partial charge is 0.133 e. The first-order valence-corrected chi connectivity index (χ1v) is 8.81. The highest BCUT2D eigenvalue weighted by molar-refractivity contribution is 6.19. The van der Waals surface area contributed by atoms with E-state index >= 15 is 0 Å². The number of methoxy groups -OCH3 is 1. The highest BCUT2D eigenvalue weighted by Gasteiger charge is 2.45. The average molecular weight is 353 g/mol. The minimum Gasteiger partial charge on any atom is -0.392 e. The molecule has 3 aliphatic rings. The summed E-state index contributed by atoms with van der Waals surface area (Å²) in [6.45, 7) is 8.06. The van der Waals surface area contributed by atoms with Gasteiger partial charge in [-0.05, 0) is 32.6 Å². The monoisotopic (exact) mass is 352 g/mol. The summed E-state index contributed by atoms with van der Waals surface area (Å²) in [5.74, 6) is 2.13. The Balaban J connectivity index is 1.88. The van der Waals surface area contributed by atoms with Gasteiger partial charge in [0.1, 0.15) is 18.6 Å². The minimum absolute atomic E-state index is 0.0606. The van der Waals surface area contributed by atoms with Crippen LogP contribution in [-0.4, -0.2) is 44.3 Å². The highest BCUT2D eigenvalue weighted by atomic mass is 35.5. The van der Waals surface area contributed by atoms with Crippen LogP contribution in [0.5, 0.6) is 0 Å². The number of ether oxygens (including phenoxy) is 1. The molecule has 1 aliphatic carbocycles. The summed E-state index contributed by atoms with van der Waals surface area (Å²) >= 11 is 6.21. The Morgan fingerprint density at radius 1 is 1.58 bits per heavy atom. The van der Waals surface area contributed by atoms with Crippen LogP contribution in [0.2, 0.25) is 0 Å². The molecule has 0 saturated heterocycles. The average Bonchev–Trinajstić information content (AvgIpc) is 3.10. The van der Waals surface area contributed by atoms with Crippen molar-refractivity contribution >= 4 is 24.0 Å². The van der Waals surface area contributed by atoms with Crippen molar-refractivity contribution in [2.45, 2.75) is 32.5 Å². The van der Waals surface area contributed by atoms with Crippen molar-refractivity contribution in [2.24, 2.45) is 27.9 Å². The molecule has 0 aromatic carbocycles. The van der Waals surface area contributed by atoms with Crippen LogP contribution in [-0.2, 0) is 9.57 Å². The molecule has 0 aromatic heterocycles. The van der Waals surface area contributed by atoms with Crippen LogP contribution in [0.15, 0.2) is 33.3 Å². The van der Waals surface area contributed by atoms with E-state index in [-0.39, 0.29) is 30.0 Å². The number of alkyl halides is 1. The number of fused-ring (bicyclic) bond motifs is 1. The van der Waals surface area contributed by atoms with Gasteiger partial charge in [0, 0.05) is 36.4 Å². The molecular formula is C17H25ClN4O2. The number of halogens is 1. The number of oxime groups is 1. The first kappa shape index (κ1) is 17.3. The third kappa shape index (κ3) is 2.93. The molecule has 7 heteroatoms. The largest absolute Gasteiger partial charge is 0.392 e. The van der Waals surface area contributed by atoms with Gasteiger partial charge in [-0.15, -0.1) is 11.6 Å². The zero-order valence-corrected chi connectivity index (χ0v) is 15.1. The van der Waals surface area contributed by atoms with E-state index in [2.05, 4.69) is 40.5 Å². The maximum absolute atomic E-state index is 6.21. The van der Waals surface area contributed by atoms with Gasteiger partial charge in [-0.1, -0.05) is 11.2 Å². The normalized spacial score (nSPS) is 34.9. The van der Waals surface area contributed by atoms with E-state index < -0.39 is 0 Å². The summed E-state index contributed by atoms with van der Waals surface area (Å²) in [5.41, 5.74) is 3.37. The van der Waals surface area contributed by atoms with E-state index in [0.29, 0.717) is 12.5 Å². The minimum atomic E-state index is 0.0606. The quantitative estimate of drug-likeness (QED) is 0.568. The second-order valence-corrected chi connectivity index (χ2v) is 6.82. The zero-order valence-electron chi connectivity index (χ0n) is 14.4. The zero-order chi connectivity index (χ0) is 17.3. The van der Waals surface area contributed by atoms with E-state index in [0.717, 1.165) is 23.5 Å². The second kappa shape index (κ2) is 7.15. The number of hydrogen-bond donors (Lipinski definition) is 2. The Labute approximate surface area is 148 Å². The van der Waals surface area contributed by atoms with Crippen molar-refractivity contribution in [2.75, 3.05) is 19.7 Å². The maximum Gasteiger partial charge on any atom is 0.133 e. The number of rotatable bonds is 6. The lowest BCUT2D eigenvalue weighted by molar-refractivity contribution is 0.00441. The number of nitrogens with one attached hydrogen (secondary N) is 2. The van der Waals surface area contributed by atoms with Crippen molar-refractivity contribution in [1.82, 2.24) is 10.6 Å². The van der Waals surface area contributed by atoms with Crippen LogP contribution in [0.1, 0.15) is 20.3 Å². The molecule has 2 N–H and O–H groups in total. The second-order valence-electron chi connectivity index (χ2n) is 6.55. The molecule has 0 spiro atoms. The standard InChI is InChI=1S/C17H25ClN4O2/c1-9-16(10(2)24-22-9)12-5-14-11(6-15(12)23-4)13(7-18)17(21-14)20-8-19-3/h5,10-12,15-16,20-21H,3,6-8H2,1-2,4H3/t10-,11-,12?,15-,16?/m0/s1. The number of aliphatic imine (C=N–C) groups is 1. The lowest BCUT2D eigenvalue weighted by Gasteiger charge is -2.36. The molecule has 5 atom stereocenters. The summed E-state index contributed by atoms with van der Waals surface area (Å²) in [7, 11) is 1.77. The SMILES string of the molecule is C=NCNC1=C(CCl)[C@@H]2C[C@H](OC)C(C3C(C)=NO[C@H]3C)C=C2N1. The van der Waals surface area contributed by atoms with E-state index in [4.69, 9.17) is 21.2 Å². The summed E-state index contributed by atoms with van der Waals surface area (Å²) in [4.78, 5) is 9.33. The summed E-state index contributed by atoms with van der Waals surface area (Å²) in [6.07, 6.45) is 3.34. The third-order valence-corrected chi connectivity index (χ3v) is 5.52. The Hall–Kier alpha value is -1.53. The van der Waals surface area contributed by atoms with Crippen molar-refractivity contribution in [1.29, 1.82) is 0 Å². The molecular weight excluding hydrogens is 328 g/mol. The van der Waals surface area contributed by atoms with E-state index in [1.165, 1.54) is 5.70 Å². The first-order chi connectivity index (χ1) is 11.6. The van der Waals surface area contributed by atoms with Crippen molar-refractivity contribution < 1.29 is 9.57 Å². The number of nitrogens with zero attached hydrogens (tertiary/aromatic N) is 2. The molecule has 2 unspecified atom stereocenters. The summed E-state index contributed by atoms with van der Waals surface area (Å²) < 4.78 is 5.83. The van der Waals surface area contributed by atoms with Gasteiger partial charge in [0.15, 0.2) is 0 Å². The van der Waals surface area contributed by atoms with Gasteiger partial charge in [-0.3, -0.25) is 4.99 Å². The molecule has 0 aromatic rings. The van der Waals surface area contributed by atoms with Gasteiger partial charge in [-0.25, -0.2) is 0 Å². The van der Waals surface area contributed by atoms with Crippen molar-refractivity contribution in [3.63, 3.8) is 0 Å². The highest BCUT2D eigenvalue weighted by Crippen LogP contribution is 2.43. The Morgan fingerprint density at radius 3 is 2.96 bits per heavy atom. The molecule has 0 saturated carbocycles. The van der Waals surface area contributed by atoms with Gasteiger partial charge >= 0.3 is 0 Å². The lowest BCUT2D eigenvalue weighted by Crippen LogP contribution is -2.40. The van der Waals surface area contributed by atoms with E-state index in [1.54, 1.807) is 7.11 Å². The molecule has 2 aliphatic heterocycles. The van der Waals surface area contributed by atoms with E-state index in [9.17, 15) is 0 Å². The molecule has 0 fully saturated rings. The molecule has 0 amide bonds. The summed E-state index contributed by atoms with van der Waals surface area (Å²) in [6, 6.07) is 0. The molecule has 6 nitrogen and oxygen atoms in total. The Bertz CT molecular complexity index is 601. The Kier molecular flexibility index (Phi) is 5.15. The number of hydrogen-bond acceptors (Lipinski definition) is 6. The predicted octanol–water partition coefficient (Wildman–Crippen LogP) is 2.23. The van der Waals surface area contributed by atoms with E-state index in [1.807, 2.05) is 6.92 Å². The van der Waals surface area contributed by atoms with Crippen molar-refractivity contribution in [3.05, 3.63) is 23.2 Å². The summed E-state index contributed by atoms with van der Waals surface area (Å²) in [5, 5.41) is 10.9. The fraction of sp³-hybridized carbons (Fsp3) is 0.647. The van der Waals surface area contributed by atoms with Gasteiger partial charge in [0.2, 0.25) is 0 Å². The van der Waals surface area contributed by atoms with Crippen molar-refractivity contribution in [3.8, 4) is 0 Å². The molecule has 3 rings (SSSR count). The first-order valence-electron chi connectivity index (χ1n) is 8.27. The predicted molar refractivity (Wildman–Crippen MR) is 96.1 cm³/mol.